The Hall–Kier alpha value is -0.610. The van der Waals surface area contributed by atoms with Gasteiger partial charge in [-0.3, -0.25) is 4.79 Å². The Balaban J connectivity index is 3.65. The van der Waals surface area contributed by atoms with Gasteiger partial charge in [0, 0.05) is 13.2 Å². The van der Waals surface area contributed by atoms with Crippen LogP contribution in [-0.2, 0) is 9.53 Å². The van der Waals surface area contributed by atoms with Crippen molar-refractivity contribution in [2.45, 2.75) is 58.9 Å². The van der Waals surface area contributed by atoms with Crippen molar-refractivity contribution in [2.24, 2.45) is 5.92 Å². The van der Waals surface area contributed by atoms with Crippen LogP contribution in [0.25, 0.3) is 0 Å². The summed E-state index contributed by atoms with van der Waals surface area (Å²) >= 11 is 0. The minimum Gasteiger partial charge on any atom is -0.480 e. The summed E-state index contributed by atoms with van der Waals surface area (Å²) in [6, 6.07) is 0. The Bertz CT molecular complexity index is 231. The number of ether oxygens (including phenoxy) is 1. The average molecular weight is 259 g/mol. The zero-order chi connectivity index (χ0) is 14.0. The van der Waals surface area contributed by atoms with Crippen molar-refractivity contribution in [3.8, 4) is 0 Å². The van der Waals surface area contributed by atoms with Crippen molar-refractivity contribution >= 4 is 5.97 Å². The molecule has 4 heteroatoms. The van der Waals surface area contributed by atoms with E-state index in [0.29, 0.717) is 19.6 Å². The highest BCUT2D eigenvalue weighted by atomic mass is 16.5. The zero-order valence-electron chi connectivity index (χ0n) is 12.3. The van der Waals surface area contributed by atoms with Crippen LogP contribution >= 0.6 is 0 Å². The molecule has 1 atom stereocenters. The number of rotatable bonds is 11. The third-order valence-electron chi connectivity index (χ3n) is 3.07. The zero-order valence-corrected chi connectivity index (χ0v) is 12.3. The number of carboxylic acid groups (broad SMARTS) is 1. The van der Waals surface area contributed by atoms with Gasteiger partial charge in [0.15, 0.2) is 0 Å². The number of hydrogen-bond acceptors (Lipinski definition) is 3. The van der Waals surface area contributed by atoms with Gasteiger partial charge in [-0.25, -0.2) is 0 Å². The lowest BCUT2D eigenvalue weighted by atomic mass is 9.96. The molecule has 0 aromatic carbocycles. The SMILES string of the molecule is CCNC(C)(CCCOCCCC(C)C)C(=O)O. The molecule has 1 unspecified atom stereocenters. The topological polar surface area (TPSA) is 58.6 Å². The Morgan fingerprint density at radius 1 is 1.33 bits per heavy atom. The van der Waals surface area contributed by atoms with Gasteiger partial charge in [0.1, 0.15) is 5.54 Å². The predicted molar refractivity (Wildman–Crippen MR) is 73.8 cm³/mol. The van der Waals surface area contributed by atoms with E-state index in [0.717, 1.165) is 25.4 Å². The molecular formula is C14H29NO3. The first-order chi connectivity index (χ1) is 8.42. The highest BCUT2D eigenvalue weighted by Crippen LogP contribution is 2.13. The molecule has 4 nitrogen and oxygen atoms in total. The maximum Gasteiger partial charge on any atom is 0.323 e. The van der Waals surface area contributed by atoms with E-state index in [4.69, 9.17) is 9.84 Å². The van der Waals surface area contributed by atoms with E-state index in [1.165, 1.54) is 6.42 Å². The molecule has 0 aliphatic carbocycles. The van der Waals surface area contributed by atoms with Crippen LogP contribution in [0.4, 0.5) is 0 Å². The smallest absolute Gasteiger partial charge is 0.323 e. The second-order valence-electron chi connectivity index (χ2n) is 5.42. The summed E-state index contributed by atoms with van der Waals surface area (Å²) in [6.45, 7) is 10.2. The second-order valence-corrected chi connectivity index (χ2v) is 5.42. The maximum atomic E-state index is 11.1. The molecule has 0 saturated heterocycles. The second kappa shape index (κ2) is 9.34. The van der Waals surface area contributed by atoms with Crippen molar-refractivity contribution < 1.29 is 14.6 Å². The van der Waals surface area contributed by atoms with E-state index in [-0.39, 0.29) is 0 Å². The van der Waals surface area contributed by atoms with Crippen molar-refractivity contribution in [1.29, 1.82) is 0 Å². The molecule has 0 bridgehead atoms. The summed E-state index contributed by atoms with van der Waals surface area (Å²) in [5, 5.41) is 12.2. The number of carboxylic acids is 1. The molecule has 18 heavy (non-hydrogen) atoms. The van der Waals surface area contributed by atoms with Crippen LogP contribution < -0.4 is 5.32 Å². The third kappa shape index (κ3) is 7.67. The van der Waals surface area contributed by atoms with E-state index in [1.54, 1.807) is 6.92 Å². The number of carbonyl (C=O) groups is 1. The van der Waals surface area contributed by atoms with Crippen LogP contribution in [0.15, 0.2) is 0 Å². The van der Waals surface area contributed by atoms with Gasteiger partial charge in [0.05, 0.1) is 0 Å². The van der Waals surface area contributed by atoms with Crippen LogP contribution in [0.2, 0.25) is 0 Å². The summed E-state index contributed by atoms with van der Waals surface area (Å²) in [7, 11) is 0. The number of hydrogen-bond donors (Lipinski definition) is 2. The van der Waals surface area contributed by atoms with E-state index in [9.17, 15) is 4.79 Å². The number of nitrogens with one attached hydrogen (secondary N) is 1. The summed E-state index contributed by atoms with van der Waals surface area (Å²) in [6.07, 6.45) is 3.64. The lowest BCUT2D eigenvalue weighted by molar-refractivity contribution is -0.144. The minimum atomic E-state index is -0.823. The Kier molecular flexibility index (Phi) is 9.02. The van der Waals surface area contributed by atoms with Crippen molar-refractivity contribution in [2.75, 3.05) is 19.8 Å². The fraction of sp³-hybridized carbons (Fsp3) is 0.929. The fourth-order valence-electron chi connectivity index (χ4n) is 1.88. The maximum absolute atomic E-state index is 11.1. The quantitative estimate of drug-likeness (QED) is 0.560. The van der Waals surface area contributed by atoms with E-state index in [2.05, 4.69) is 19.2 Å². The van der Waals surface area contributed by atoms with Crippen molar-refractivity contribution in [3.05, 3.63) is 0 Å². The van der Waals surface area contributed by atoms with Gasteiger partial charge in [0.2, 0.25) is 0 Å². The largest absolute Gasteiger partial charge is 0.480 e. The first kappa shape index (κ1) is 17.4. The molecule has 0 fully saturated rings. The summed E-state index contributed by atoms with van der Waals surface area (Å²) in [5.74, 6) is -0.0678. The van der Waals surface area contributed by atoms with Gasteiger partial charge >= 0.3 is 5.97 Å². The van der Waals surface area contributed by atoms with E-state index < -0.39 is 11.5 Å². The number of aliphatic carboxylic acids is 1. The first-order valence-electron chi connectivity index (χ1n) is 6.98. The molecule has 2 N–H and O–H groups in total. The van der Waals surface area contributed by atoms with Crippen LogP contribution in [-0.4, -0.2) is 36.4 Å². The lowest BCUT2D eigenvalue weighted by Gasteiger charge is -2.25. The molecule has 0 saturated carbocycles. The van der Waals surface area contributed by atoms with Crippen molar-refractivity contribution in [1.82, 2.24) is 5.32 Å². The fourth-order valence-corrected chi connectivity index (χ4v) is 1.88. The molecule has 0 aliphatic heterocycles. The molecule has 0 spiro atoms. The van der Waals surface area contributed by atoms with Gasteiger partial charge in [-0.2, -0.15) is 0 Å². The van der Waals surface area contributed by atoms with Gasteiger partial charge in [-0.1, -0.05) is 20.8 Å². The molecular weight excluding hydrogens is 230 g/mol. The van der Waals surface area contributed by atoms with E-state index >= 15 is 0 Å². The van der Waals surface area contributed by atoms with Crippen molar-refractivity contribution in [3.63, 3.8) is 0 Å². The molecule has 0 radical (unpaired) electrons. The normalized spacial score (nSPS) is 14.7. The third-order valence-corrected chi connectivity index (χ3v) is 3.07. The minimum absolute atomic E-state index is 0.598. The highest BCUT2D eigenvalue weighted by Gasteiger charge is 2.30. The summed E-state index contributed by atoms with van der Waals surface area (Å²) in [5.41, 5.74) is -0.823. The predicted octanol–water partition coefficient (Wildman–Crippen LogP) is 2.67. The van der Waals surface area contributed by atoms with Crippen LogP contribution in [0.3, 0.4) is 0 Å². The highest BCUT2D eigenvalue weighted by molar-refractivity contribution is 5.78. The van der Waals surface area contributed by atoms with E-state index in [1.807, 2.05) is 6.92 Å². The Morgan fingerprint density at radius 2 is 1.94 bits per heavy atom. The molecule has 0 rings (SSSR count). The average Bonchev–Trinajstić information content (AvgIpc) is 2.27. The van der Waals surface area contributed by atoms with Crippen LogP contribution in [0.1, 0.15) is 53.4 Å². The van der Waals surface area contributed by atoms with Gasteiger partial charge in [-0.05, 0) is 45.1 Å². The van der Waals surface area contributed by atoms with Gasteiger partial charge < -0.3 is 15.2 Å². The first-order valence-corrected chi connectivity index (χ1v) is 6.98. The molecule has 0 aliphatic rings. The Labute approximate surface area is 111 Å². The lowest BCUT2D eigenvalue weighted by Crippen LogP contribution is -2.49. The summed E-state index contributed by atoms with van der Waals surface area (Å²) < 4.78 is 5.52. The molecule has 0 aromatic rings. The molecule has 0 amide bonds. The Morgan fingerprint density at radius 3 is 2.44 bits per heavy atom. The summed E-state index contributed by atoms with van der Waals surface area (Å²) in [4.78, 5) is 11.1. The molecule has 0 heterocycles. The van der Waals surface area contributed by atoms with Crippen LogP contribution in [0, 0.1) is 5.92 Å². The molecule has 0 aromatic heterocycles. The number of likely N-dealkylation sites (N-methyl/N-ethyl adjacent to an activating group) is 1. The standard InChI is InChI=1S/C14H29NO3/c1-5-15-14(4,13(16)17)9-7-11-18-10-6-8-12(2)3/h12,15H,5-11H2,1-4H3,(H,16,17). The molecule has 108 valence electrons. The van der Waals surface area contributed by atoms with Crippen LogP contribution in [0.5, 0.6) is 0 Å². The van der Waals surface area contributed by atoms with Gasteiger partial charge in [-0.15, -0.1) is 0 Å². The van der Waals surface area contributed by atoms with Gasteiger partial charge in [0.25, 0.3) is 0 Å². The monoisotopic (exact) mass is 259 g/mol.